The van der Waals surface area contributed by atoms with Crippen LogP contribution in [-0.2, 0) is 17.4 Å². The Hall–Kier alpha value is -5.54. The van der Waals surface area contributed by atoms with Crippen LogP contribution in [0.3, 0.4) is 0 Å². The first-order valence-electron chi connectivity index (χ1n) is 23.7. The van der Waals surface area contributed by atoms with Crippen molar-refractivity contribution in [3.63, 3.8) is 0 Å². The van der Waals surface area contributed by atoms with Crippen LogP contribution in [0.4, 0.5) is 0 Å². The zero-order chi connectivity index (χ0) is 47.1. The Bertz CT molecular complexity index is 3030. The summed E-state index contributed by atoms with van der Waals surface area (Å²) in [4.78, 5) is 0. The molecule has 2 nitrogen and oxygen atoms in total. The van der Waals surface area contributed by atoms with E-state index < -0.39 is 17.4 Å². The van der Waals surface area contributed by atoms with E-state index >= 15 is 0 Å². The van der Waals surface area contributed by atoms with Crippen molar-refractivity contribution in [2.24, 2.45) is 0 Å². The fourth-order valence-corrected chi connectivity index (χ4v) is 31.9. The van der Waals surface area contributed by atoms with Gasteiger partial charge in [0.1, 0.15) is 11.5 Å². The van der Waals surface area contributed by atoms with Gasteiger partial charge in [-0.15, -0.1) is 0 Å². The van der Waals surface area contributed by atoms with Crippen LogP contribution in [0.25, 0.3) is 56.0 Å². The Morgan fingerprint density at radius 3 is 1.12 bits per heavy atom. The SMILES string of the molecule is CCC1=Cc2c(-c3cccc4ccccc34)cccc2[CH]1[Zr]([CH3])([CH3])(=[SiH2])[CH]1C(CC)=Cc2c(-c3cccc4ccccc34)cccc21.Cc1cc(C)c(O)c(C)c1.Cc1cc(C)c(O)c(C)c1. The van der Waals surface area contributed by atoms with Gasteiger partial charge in [-0.2, -0.15) is 0 Å². The Morgan fingerprint density at radius 2 is 0.758 bits per heavy atom. The molecule has 2 N–H and O–H groups in total. The predicted octanol–water partition coefficient (Wildman–Crippen LogP) is 16.7. The maximum atomic E-state index is 9.33. The van der Waals surface area contributed by atoms with Gasteiger partial charge in [0.15, 0.2) is 0 Å². The third-order valence-corrected chi connectivity index (χ3v) is 32.0. The van der Waals surface area contributed by atoms with E-state index in [1.54, 1.807) is 22.3 Å². The molecular weight excluding hydrogens is 896 g/mol. The molecule has 2 atom stereocenters. The minimum Gasteiger partial charge on any atom is -0.507 e. The molecule has 0 aliphatic heterocycles. The fourth-order valence-electron chi connectivity index (χ4n) is 11.7. The number of allylic oxidation sites excluding steroid dienone is 2. The van der Waals surface area contributed by atoms with Gasteiger partial charge in [-0.1, -0.05) is 35.4 Å². The summed E-state index contributed by atoms with van der Waals surface area (Å²) in [5.41, 5.74) is 21.0. The molecule has 334 valence electrons. The monoisotopic (exact) mass is 960 g/mol. The van der Waals surface area contributed by atoms with Gasteiger partial charge in [0.2, 0.25) is 0 Å². The number of aromatic hydroxyl groups is 2. The third kappa shape index (κ3) is 8.76. The number of hydrogen-bond acceptors (Lipinski definition) is 2. The van der Waals surface area contributed by atoms with Gasteiger partial charge in [-0.3, -0.25) is 0 Å². The zero-order valence-electron chi connectivity index (χ0n) is 40.7. The molecule has 0 fully saturated rings. The first-order chi connectivity index (χ1) is 31.5. The molecule has 2 aliphatic carbocycles. The molecule has 8 aromatic rings. The second-order valence-corrected chi connectivity index (χ2v) is 50.6. The normalized spacial score (nSPS) is 15.3. The molecule has 2 aliphatic rings. The molecular formula is C62H66O2SiZr. The Morgan fingerprint density at radius 1 is 0.439 bits per heavy atom. The Labute approximate surface area is 396 Å². The minimum absolute atomic E-state index is 0.422. The van der Waals surface area contributed by atoms with Crippen LogP contribution in [0, 0.1) is 41.5 Å². The smallest absolute Gasteiger partial charge is 0.121 e. The van der Waals surface area contributed by atoms with E-state index in [2.05, 4.69) is 163 Å². The van der Waals surface area contributed by atoms with Crippen molar-refractivity contribution in [2.45, 2.75) is 84.7 Å². The molecule has 0 amide bonds. The second kappa shape index (κ2) is 18.6. The van der Waals surface area contributed by atoms with Crippen LogP contribution in [0.1, 0.15) is 89.6 Å². The van der Waals surface area contributed by atoms with Crippen molar-refractivity contribution in [1.82, 2.24) is 0 Å². The van der Waals surface area contributed by atoms with Crippen LogP contribution >= 0.6 is 0 Å². The summed E-state index contributed by atoms with van der Waals surface area (Å²) in [5.74, 6) is 0.844. The number of phenolic OH excluding ortho intramolecular Hbond substituents is 2. The van der Waals surface area contributed by atoms with E-state index in [1.807, 2.05) is 65.8 Å². The van der Waals surface area contributed by atoms with Gasteiger partial charge in [0.25, 0.3) is 0 Å². The molecule has 0 spiro atoms. The number of aryl methyl sites for hydroxylation is 6. The Kier molecular flexibility index (Phi) is 13.3. The zero-order valence-corrected chi connectivity index (χ0v) is 44.6. The van der Waals surface area contributed by atoms with Gasteiger partial charge in [0.05, 0.1) is 0 Å². The van der Waals surface area contributed by atoms with Crippen LogP contribution in [0.15, 0.2) is 157 Å². The summed E-state index contributed by atoms with van der Waals surface area (Å²) in [6.45, 7) is 18.9. The second-order valence-electron chi connectivity index (χ2n) is 20.1. The van der Waals surface area contributed by atoms with Crippen LogP contribution in [0.5, 0.6) is 11.5 Å². The molecule has 0 bridgehead atoms. The number of rotatable bonds is 6. The van der Waals surface area contributed by atoms with E-state index in [9.17, 15) is 10.2 Å². The molecule has 66 heavy (non-hydrogen) atoms. The molecule has 10 rings (SSSR count). The maximum Gasteiger partial charge on any atom is 0.121 e. The number of hydrogen-bond donors (Lipinski definition) is 2. The van der Waals surface area contributed by atoms with E-state index in [4.69, 9.17) is 0 Å². The topological polar surface area (TPSA) is 40.5 Å². The summed E-state index contributed by atoms with van der Waals surface area (Å²) < 4.78 is 6.59. The maximum absolute atomic E-state index is 9.33. The molecule has 0 saturated heterocycles. The summed E-state index contributed by atoms with van der Waals surface area (Å²) in [7, 11) is 0. The van der Waals surface area contributed by atoms with Crippen LogP contribution < -0.4 is 0 Å². The first-order valence-corrected chi connectivity index (χ1v) is 37.4. The van der Waals surface area contributed by atoms with Gasteiger partial charge in [-0.05, 0) is 63.8 Å². The third-order valence-electron chi connectivity index (χ3n) is 14.4. The predicted molar refractivity (Wildman–Crippen MR) is 286 cm³/mol. The molecule has 0 heterocycles. The average Bonchev–Trinajstić information content (AvgIpc) is 3.91. The van der Waals surface area contributed by atoms with Gasteiger partial charge < -0.3 is 10.2 Å². The summed E-state index contributed by atoms with van der Waals surface area (Å²) in [6, 6.07) is 53.5. The van der Waals surface area contributed by atoms with Crippen molar-refractivity contribution in [2.75, 3.05) is 0 Å². The van der Waals surface area contributed by atoms with Gasteiger partial charge >= 0.3 is 278 Å². The van der Waals surface area contributed by atoms with Gasteiger partial charge in [0, 0.05) is 0 Å². The summed E-state index contributed by atoms with van der Waals surface area (Å²) >= 11 is -3.70. The summed E-state index contributed by atoms with van der Waals surface area (Å²) in [6.07, 6.45) is 7.39. The van der Waals surface area contributed by atoms with Crippen molar-refractivity contribution in [3.05, 3.63) is 212 Å². The average molecular weight is 963 g/mol. The van der Waals surface area contributed by atoms with Crippen molar-refractivity contribution in [3.8, 4) is 33.8 Å². The fraction of sp³-hybridized carbons (Fsp3) is 0.226. The molecule has 0 radical (unpaired) electrons. The first kappa shape index (κ1) is 47.0. The van der Waals surface area contributed by atoms with Crippen LogP contribution in [0.2, 0.25) is 9.26 Å². The summed E-state index contributed by atoms with van der Waals surface area (Å²) in [5, 5.41) is 24.0. The minimum atomic E-state index is -3.70. The van der Waals surface area contributed by atoms with E-state index in [0.717, 1.165) is 35.1 Å². The standard InChI is InChI=1S/2C21H17.2C9H12O.2CH3.H2Si.Zr/c2*1-2-15-13-17-9-6-12-20(21(17)14-15)19-11-5-8-16-7-3-4-10-18(16)19;2*1-6-4-7(2)9(10)8(3)5-6;;;;/h2*3-14H,2H2,1H3;2*4-5,10H,1-3H3;2*1H3;1H2;. The van der Waals surface area contributed by atoms with E-state index in [0.29, 0.717) is 18.8 Å². The van der Waals surface area contributed by atoms with Crippen LogP contribution in [-0.4, -0.2) is 17.1 Å². The van der Waals surface area contributed by atoms with E-state index in [1.165, 1.54) is 66.1 Å². The molecule has 0 saturated carbocycles. The van der Waals surface area contributed by atoms with Gasteiger partial charge in [-0.25, -0.2) is 0 Å². The van der Waals surface area contributed by atoms with Crippen molar-refractivity contribution in [1.29, 1.82) is 0 Å². The number of benzene rings is 8. The largest absolute Gasteiger partial charge is 0.507 e. The molecule has 4 heteroatoms. The van der Waals surface area contributed by atoms with Crippen molar-refractivity contribution < 1.29 is 27.6 Å². The molecule has 2 unspecified atom stereocenters. The Balaban J connectivity index is 0.000000244. The van der Waals surface area contributed by atoms with E-state index in [-0.39, 0.29) is 0 Å². The van der Waals surface area contributed by atoms with Crippen molar-refractivity contribution >= 4 is 40.6 Å². The number of phenols is 2. The molecule has 8 aromatic carbocycles. The molecule has 0 aromatic heterocycles. The quantitative estimate of drug-likeness (QED) is 0.163. The number of fused-ring (bicyclic) bond motifs is 4.